The molecule has 1 fully saturated rings. The number of amides is 1. The number of nitrogens with zero attached hydrogens (tertiary/aromatic N) is 4. The SMILES string of the molecule is CCNC(=NCc1scnc1C)N1CCN(C(=O)Cc2cccc(Cl)c2)CC1.I. The van der Waals surface area contributed by atoms with Crippen molar-refractivity contribution in [3.05, 3.63) is 50.9 Å². The summed E-state index contributed by atoms with van der Waals surface area (Å²) in [6, 6.07) is 7.50. The molecule has 0 bridgehead atoms. The minimum absolute atomic E-state index is 0. The number of aromatic nitrogens is 1. The van der Waals surface area contributed by atoms with E-state index >= 15 is 0 Å². The molecule has 0 radical (unpaired) electrons. The molecule has 0 spiro atoms. The van der Waals surface area contributed by atoms with Crippen LogP contribution >= 0.6 is 46.9 Å². The Hall–Kier alpha value is -1.39. The molecule has 6 nitrogen and oxygen atoms in total. The van der Waals surface area contributed by atoms with Crippen LogP contribution in [0.2, 0.25) is 5.02 Å². The maximum Gasteiger partial charge on any atom is 0.227 e. The molecule has 1 N–H and O–H groups in total. The van der Waals surface area contributed by atoms with Crippen LogP contribution in [-0.4, -0.2) is 59.4 Å². The Bertz CT molecular complexity index is 836. The molecule has 1 aromatic carbocycles. The summed E-state index contributed by atoms with van der Waals surface area (Å²) in [5.41, 5.74) is 3.85. The molecule has 1 saturated heterocycles. The lowest BCUT2D eigenvalue weighted by Gasteiger charge is -2.36. The molecular weight excluding hydrogens is 521 g/mol. The van der Waals surface area contributed by atoms with Gasteiger partial charge < -0.3 is 15.1 Å². The molecule has 29 heavy (non-hydrogen) atoms. The molecule has 0 aliphatic carbocycles. The predicted octanol–water partition coefficient (Wildman–Crippen LogP) is 3.58. The van der Waals surface area contributed by atoms with Crippen molar-refractivity contribution >= 4 is 58.8 Å². The third-order valence-electron chi connectivity index (χ3n) is 4.73. The van der Waals surface area contributed by atoms with Crippen LogP contribution in [0.3, 0.4) is 0 Å². The van der Waals surface area contributed by atoms with Gasteiger partial charge in [-0.2, -0.15) is 0 Å². The number of aryl methyl sites for hydroxylation is 1. The average Bonchev–Trinajstić information content (AvgIpc) is 3.10. The first-order chi connectivity index (χ1) is 13.6. The van der Waals surface area contributed by atoms with Gasteiger partial charge in [0, 0.05) is 42.6 Å². The van der Waals surface area contributed by atoms with Gasteiger partial charge in [-0.05, 0) is 31.5 Å². The second-order valence-corrected chi connectivity index (χ2v) is 8.08. The topological polar surface area (TPSA) is 60.8 Å². The summed E-state index contributed by atoms with van der Waals surface area (Å²) < 4.78 is 0. The van der Waals surface area contributed by atoms with E-state index in [1.54, 1.807) is 11.3 Å². The third kappa shape index (κ3) is 6.82. The molecule has 2 aromatic rings. The van der Waals surface area contributed by atoms with Crippen molar-refractivity contribution in [3.63, 3.8) is 0 Å². The standard InChI is InChI=1S/C20H26ClN5OS.HI/c1-3-22-20(23-13-18-15(2)24-14-28-18)26-9-7-25(8-10-26)19(27)12-16-5-4-6-17(21)11-16;/h4-6,11,14H,3,7-10,12-13H2,1-2H3,(H,22,23);1H. The number of aliphatic imine (C=N–C) groups is 1. The van der Waals surface area contributed by atoms with Crippen LogP contribution < -0.4 is 5.32 Å². The number of hydrogen-bond donors (Lipinski definition) is 1. The van der Waals surface area contributed by atoms with Gasteiger partial charge in [0.15, 0.2) is 5.96 Å². The van der Waals surface area contributed by atoms with Crippen molar-refractivity contribution in [1.29, 1.82) is 0 Å². The number of hydrogen-bond acceptors (Lipinski definition) is 4. The van der Waals surface area contributed by atoms with E-state index in [1.807, 2.05) is 41.6 Å². The Morgan fingerprint density at radius 1 is 1.28 bits per heavy atom. The van der Waals surface area contributed by atoms with Crippen molar-refractivity contribution in [1.82, 2.24) is 20.1 Å². The van der Waals surface area contributed by atoms with Crippen LogP contribution in [0.5, 0.6) is 0 Å². The molecule has 2 heterocycles. The van der Waals surface area contributed by atoms with Gasteiger partial charge in [0.2, 0.25) is 5.91 Å². The number of halogens is 2. The third-order valence-corrected chi connectivity index (χ3v) is 5.88. The normalized spacial score (nSPS) is 14.5. The molecular formula is C20H27ClIN5OS. The first-order valence-electron chi connectivity index (χ1n) is 9.51. The quantitative estimate of drug-likeness (QED) is 0.353. The molecule has 1 amide bonds. The number of thiazole rings is 1. The predicted molar refractivity (Wildman–Crippen MR) is 130 cm³/mol. The second kappa shape index (κ2) is 11.7. The molecule has 1 aromatic heterocycles. The van der Waals surface area contributed by atoms with Gasteiger partial charge in [0.05, 0.1) is 24.2 Å². The zero-order valence-corrected chi connectivity index (χ0v) is 20.6. The zero-order valence-electron chi connectivity index (χ0n) is 16.7. The molecule has 1 aliphatic rings. The number of nitrogens with one attached hydrogen (secondary N) is 1. The Balaban J connectivity index is 0.00000300. The highest BCUT2D eigenvalue weighted by atomic mass is 127. The van der Waals surface area contributed by atoms with E-state index in [2.05, 4.69) is 22.1 Å². The largest absolute Gasteiger partial charge is 0.357 e. The van der Waals surface area contributed by atoms with Crippen LogP contribution in [0.15, 0.2) is 34.8 Å². The van der Waals surface area contributed by atoms with Crippen molar-refractivity contribution < 1.29 is 4.79 Å². The fraction of sp³-hybridized carbons (Fsp3) is 0.450. The highest BCUT2D eigenvalue weighted by Crippen LogP contribution is 2.15. The van der Waals surface area contributed by atoms with Gasteiger partial charge >= 0.3 is 0 Å². The van der Waals surface area contributed by atoms with Crippen molar-refractivity contribution in [2.24, 2.45) is 4.99 Å². The van der Waals surface area contributed by atoms with Gasteiger partial charge in [-0.3, -0.25) is 4.79 Å². The number of carbonyl (C=O) groups excluding carboxylic acids is 1. The summed E-state index contributed by atoms with van der Waals surface area (Å²) >= 11 is 7.65. The van der Waals surface area contributed by atoms with Crippen LogP contribution in [0, 0.1) is 6.92 Å². The van der Waals surface area contributed by atoms with Gasteiger partial charge in [-0.15, -0.1) is 35.3 Å². The maximum absolute atomic E-state index is 12.6. The average molecular weight is 548 g/mol. The highest BCUT2D eigenvalue weighted by molar-refractivity contribution is 14.0. The van der Waals surface area contributed by atoms with E-state index in [4.69, 9.17) is 16.6 Å². The summed E-state index contributed by atoms with van der Waals surface area (Å²) in [7, 11) is 0. The van der Waals surface area contributed by atoms with Crippen LogP contribution in [0.4, 0.5) is 0 Å². The maximum atomic E-state index is 12.6. The number of benzene rings is 1. The zero-order chi connectivity index (χ0) is 19.9. The summed E-state index contributed by atoms with van der Waals surface area (Å²) in [4.78, 5) is 27.0. The van der Waals surface area contributed by atoms with Crippen LogP contribution in [0.25, 0.3) is 0 Å². The molecule has 158 valence electrons. The number of rotatable bonds is 5. The monoisotopic (exact) mass is 547 g/mol. The molecule has 1 aliphatic heterocycles. The van der Waals surface area contributed by atoms with Gasteiger partial charge in [0.25, 0.3) is 0 Å². The minimum Gasteiger partial charge on any atom is -0.357 e. The first-order valence-corrected chi connectivity index (χ1v) is 10.8. The lowest BCUT2D eigenvalue weighted by atomic mass is 10.1. The van der Waals surface area contributed by atoms with Crippen molar-refractivity contribution in [2.45, 2.75) is 26.8 Å². The number of carbonyl (C=O) groups is 1. The van der Waals surface area contributed by atoms with E-state index in [9.17, 15) is 4.79 Å². The van der Waals surface area contributed by atoms with Gasteiger partial charge in [-0.1, -0.05) is 23.7 Å². The molecule has 0 saturated carbocycles. The Morgan fingerprint density at radius 3 is 2.62 bits per heavy atom. The van der Waals surface area contributed by atoms with E-state index in [1.165, 1.54) is 4.88 Å². The van der Waals surface area contributed by atoms with Crippen molar-refractivity contribution in [2.75, 3.05) is 32.7 Å². The second-order valence-electron chi connectivity index (χ2n) is 6.71. The Morgan fingerprint density at radius 2 is 2.00 bits per heavy atom. The molecule has 0 unspecified atom stereocenters. The van der Waals surface area contributed by atoms with E-state index < -0.39 is 0 Å². The van der Waals surface area contributed by atoms with Gasteiger partial charge in [-0.25, -0.2) is 9.98 Å². The lowest BCUT2D eigenvalue weighted by Crippen LogP contribution is -2.54. The minimum atomic E-state index is 0. The van der Waals surface area contributed by atoms with Crippen LogP contribution in [-0.2, 0) is 17.8 Å². The van der Waals surface area contributed by atoms with Gasteiger partial charge in [0.1, 0.15) is 0 Å². The van der Waals surface area contributed by atoms with E-state index in [-0.39, 0.29) is 29.9 Å². The highest BCUT2D eigenvalue weighted by Gasteiger charge is 2.23. The summed E-state index contributed by atoms with van der Waals surface area (Å²) in [5, 5.41) is 4.03. The fourth-order valence-electron chi connectivity index (χ4n) is 3.15. The smallest absolute Gasteiger partial charge is 0.227 e. The fourth-order valence-corrected chi connectivity index (χ4v) is 4.06. The Kier molecular flexibility index (Phi) is 9.64. The summed E-state index contributed by atoms with van der Waals surface area (Å²) in [5.74, 6) is 1.04. The lowest BCUT2D eigenvalue weighted by molar-refractivity contribution is -0.131. The number of piperazine rings is 1. The van der Waals surface area contributed by atoms with Crippen LogP contribution in [0.1, 0.15) is 23.1 Å². The number of guanidine groups is 1. The molecule has 3 rings (SSSR count). The molecule has 9 heteroatoms. The van der Waals surface area contributed by atoms with E-state index in [0.717, 1.165) is 36.9 Å². The summed E-state index contributed by atoms with van der Waals surface area (Å²) in [6.07, 6.45) is 0.388. The molecule has 0 atom stereocenters. The van der Waals surface area contributed by atoms with E-state index in [0.29, 0.717) is 31.1 Å². The summed E-state index contributed by atoms with van der Waals surface area (Å²) in [6.45, 7) is 8.47. The Labute approximate surface area is 198 Å². The first kappa shape index (κ1) is 23.9. The van der Waals surface area contributed by atoms with Crippen molar-refractivity contribution in [3.8, 4) is 0 Å².